The number of anilines is 1. The average molecular weight is 278 g/mol. The van der Waals surface area contributed by atoms with Gasteiger partial charge in [-0.05, 0) is 43.2 Å². The first-order valence-electron chi connectivity index (χ1n) is 7.02. The Morgan fingerprint density at radius 1 is 1.05 bits per heavy atom. The van der Waals surface area contributed by atoms with Crippen molar-refractivity contribution in [2.75, 3.05) is 5.32 Å². The van der Waals surface area contributed by atoms with Gasteiger partial charge in [0.15, 0.2) is 0 Å². The molecule has 0 radical (unpaired) electrons. The van der Waals surface area contributed by atoms with Gasteiger partial charge in [0.2, 0.25) is 0 Å². The van der Waals surface area contributed by atoms with E-state index in [1.54, 1.807) is 6.07 Å². The minimum absolute atomic E-state index is 0.316. The molecule has 0 saturated heterocycles. The number of pyridine rings is 1. The van der Waals surface area contributed by atoms with E-state index in [0.29, 0.717) is 12.3 Å². The quantitative estimate of drug-likeness (QED) is 0.755. The Hall–Kier alpha value is -2.55. The highest BCUT2D eigenvalue weighted by Gasteiger charge is 2.04. The highest BCUT2D eigenvalue weighted by Crippen LogP contribution is 2.23. The number of para-hydroxylation sites is 1. The van der Waals surface area contributed by atoms with Gasteiger partial charge in [0.1, 0.15) is 5.75 Å². The van der Waals surface area contributed by atoms with Gasteiger partial charge < -0.3 is 10.4 Å². The number of nitrogens with one attached hydrogen (secondary N) is 1. The summed E-state index contributed by atoms with van der Waals surface area (Å²) in [6.45, 7) is 4.60. The van der Waals surface area contributed by atoms with Crippen molar-refractivity contribution in [3.05, 3.63) is 65.4 Å². The van der Waals surface area contributed by atoms with Crippen LogP contribution in [-0.4, -0.2) is 10.1 Å². The van der Waals surface area contributed by atoms with Crippen molar-refractivity contribution in [2.24, 2.45) is 0 Å². The fourth-order valence-corrected chi connectivity index (χ4v) is 2.46. The number of phenols is 1. The maximum Gasteiger partial charge on any atom is 0.120 e. The Morgan fingerprint density at radius 3 is 2.67 bits per heavy atom. The number of rotatable bonds is 3. The molecule has 1 aromatic heterocycles. The maximum atomic E-state index is 9.76. The molecule has 0 unspecified atom stereocenters. The number of hydrogen-bond donors (Lipinski definition) is 2. The van der Waals surface area contributed by atoms with E-state index in [2.05, 4.69) is 22.4 Å². The summed E-state index contributed by atoms with van der Waals surface area (Å²) in [5, 5.41) is 14.3. The summed E-state index contributed by atoms with van der Waals surface area (Å²) in [6.07, 6.45) is 0. The van der Waals surface area contributed by atoms with Crippen LogP contribution in [0.2, 0.25) is 0 Å². The van der Waals surface area contributed by atoms with Gasteiger partial charge >= 0.3 is 0 Å². The molecule has 1 heterocycles. The largest absolute Gasteiger partial charge is 0.508 e. The highest BCUT2D eigenvalue weighted by molar-refractivity contribution is 5.82. The predicted molar refractivity (Wildman–Crippen MR) is 86.7 cm³/mol. The number of aromatic nitrogens is 1. The molecular weight excluding hydrogens is 260 g/mol. The van der Waals surface area contributed by atoms with Crippen LogP contribution in [0.25, 0.3) is 10.9 Å². The van der Waals surface area contributed by atoms with Crippen molar-refractivity contribution in [2.45, 2.75) is 20.4 Å². The molecule has 0 atom stereocenters. The SMILES string of the molecule is Cc1cc(CNc2ccc(C)c(O)c2)c2ccccc2n1. The first kappa shape index (κ1) is 13.4. The monoisotopic (exact) mass is 278 g/mol. The van der Waals surface area contributed by atoms with Crippen molar-refractivity contribution in [1.29, 1.82) is 0 Å². The lowest BCUT2D eigenvalue weighted by Gasteiger charge is -2.11. The first-order chi connectivity index (χ1) is 10.1. The molecule has 0 saturated carbocycles. The van der Waals surface area contributed by atoms with E-state index >= 15 is 0 Å². The summed E-state index contributed by atoms with van der Waals surface area (Å²) in [5.74, 6) is 0.316. The van der Waals surface area contributed by atoms with E-state index in [1.165, 1.54) is 5.56 Å². The van der Waals surface area contributed by atoms with Crippen LogP contribution in [0.1, 0.15) is 16.8 Å². The van der Waals surface area contributed by atoms with E-state index in [1.807, 2.05) is 44.2 Å². The number of phenolic OH excluding ortho intramolecular Hbond substituents is 1. The summed E-state index contributed by atoms with van der Waals surface area (Å²) >= 11 is 0. The fourth-order valence-electron chi connectivity index (χ4n) is 2.46. The number of nitrogens with zero attached hydrogens (tertiary/aromatic N) is 1. The third kappa shape index (κ3) is 2.82. The number of hydrogen-bond acceptors (Lipinski definition) is 3. The van der Waals surface area contributed by atoms with E-state index in [0.717, 1.165) is 27.8 Å². The number of fused-ring (bicyclic) bond motifs is 1. The summed E-state index contributed by atoms with van der Waals surface area (Å²) < 4.78 is 0. The minimum Gasteiger partial charge on any atom is -0.508 e. The predicted octanol–water partition coefficient (Wildman–Crippen LogP) is 4.17. The second-order valence-corrected chi connectivity index (χ2v) is 5.29. The normalized spacial score (nSPS) is 10.8. The Labute approximate surface area is 124 Å². The summed E-state index contributed by atoms with van der Waals surface area (Å²) in [4.78, 5) is 4.55. The Balaban J connectivity index is 1.89. The second kappa shape index (κ2) is 5.44. The molecule has 3 rings (SSSR count). The lowest BCUT2D eigenvalue weighted by Crippen LogP contribution is -2.01. The van der Waals surface area contributed by atoms with Gasteiger partial charge in [0.25, 0.3) is 0 Å². The van der Waals surface area contributed by atoms with E-state index in [-0.39, 0.29) is 0 Å². The van der Waals surface area contributed by atoms with Gasteiger partial charge in [-0.15, -0.1) is 0 Å². The zero-order valence-corrected chi connectivity index (χ0v) is 12.2. The maximum absolute atomic E-state index is 9.76. The summed E-state index contributed by atoms with van der Waals surface area (Å²) in [7, 11) is 0. The lowest BCUT2D eigenvalue weighted by molar-refractivity contribution is 0.471. The molecule has 106 valence electrons. The van der Waals surface area contributed by atoms with Gasteiger partial charge in [-0.3, -0.25) is 4.98 Å². The van der Waals surface area contributed by atoms with Crippen LogP contribution in [0, 0.1) is 13.8 Å². The molecule has 0 fully saturated rings. The van der Waals surface area contributed by atoms with Gasteiger partial charge in [-0.1, -0.05) is 24.3 Å². The Kier molecular flexibility index (Phi) is 3.48. The fraction of sp³-hybridized carbons (Fsp3) is 0.167. The van der Waals surface area contributed by atoms with Crippen molar-refractivity contribution in [3.63, 3.8) is 0 Å². The van der Waals surface area contributed by atoms with E-state index in [4.69, 9.17) is 0 Å². The molecule has 3 aromatic rings. The van der Waals surface area contributed by atoms with Gasteiger partial charge in [0.05, 0.1) is 5.52 Å². The van der Waals surface area contributed by atoms with Gasteiger partial charge in [-0.25, -0.2) is 0 Å². The Bertz CT molecular complexity index is 796. The third-order valence-corrected chi connectivity index (χ3v) is 3.62. The molecule has 0 bridgehead atoms. The second-order valence-electron chi connectivity index (χ2n) is 5.29. The van der Waals surface area contributed by atoms with Crippen LogP contribution < -0.4 is 5.32 Å². The van der Waals surface area contributed by atoms with Crippen LogP contribution >= 0.6 is 0 Å². The van der Waals surface area contributed by atoms with Gasteiger partial charge in [-0.2, -0.15) is 0 Å². The molecule has 0 amide bonds. The Morgan fingerprint density at radius 2 is 1.86 bits per heavy atom. The third-order valence-electron chi connectivity index (χ3n) is 3.62. The van der Waals surface area contributed by atoms with Crippen LogP contribution in [0.15, 0.2) is 48.5 Å². The number of aryl methyl sites for hydroxylation is 2. The van der Waals surface area contributed by atoms with Gasteiger partial charge in [0, 0.05) is 29.4 Å². The smallest absolute Gasteiger partial charge is 0.120 e. The molecule has 0 aliphatic heterocycles. The van der Waals surface area contributed by atoms with Crippen molar-refractivity contribution in [1.82, 2.24) is 4.98 Å². The number of aromatic hydroxyl groups is 1. The molecule has 0 spiro atoms. The topological polar surface area (TPSA) is 45.1 Å². The van der Waals surface area contributed by atoms with E-state index in [9.17, 15) is 5.11 Å². The van der Waals surface area contributed by atoms with E-state index < -0.39 is 0 Å². The zero-order chi connectivity index (χ0) is 14.8. The zero-order valence-electron chi connectivity index (χ0n) is 12.2. The van der Waals surface area contributed by atoms with Crippen LogP contribution in [0.3, 0.4) is 0 Å². The molecule has 3 nitrogen and oxygen atoms in total. The average Bonchev–Trinajstić information content (AvgIpc) is 2.48. The highest BCUT2D eigenvalue weighted by atomic mass is 16.3. The van der Waals surface area contributed by atoms with Crippen LogP contribution in [0.5, 0.6) is 5.75 Å². The standard InChI is InChI=1S/C18H18N2O/c1-12-7-8-15(10-18(12)21)19-11-14-9-13(2)20-17-6-4-3-5-16(14)17/h3-10,19,21H,11H2,1-2H3. The minimum atomic E-state index is 0.316. The van der Waals surface area contributed by atoms with Crippen molar-refractivity contribution < 1.29 is 5.11 Å². The first-order valence-corrected chi connectivity index (χ1v) is 7.02. The molecular formula is C18H18N2O. The molecule has 3 heteroatoms. The molecule has 2 aromatic carbocycles. The molecule has 21 heavy (non-hydrogen) atoms. The molecule has 0 aliphatic rings. The summed E-state index contributed by atoms with van der Waals surface area (Å²) in [6, 6.07) is 15.9. The van der Waals surface area contributed by atoms with Crippen LogP contribution in [-0.2, 0) is 6.54 Å². The molecule has 0 aliphatic carbocycles. The molecule has 2 N–H and O–H groups in total. The van der Waals surface area contributed by atoms with Crippen molar-refractivity contribution >= 4 is 16.6 Å². The van der Waals surface area contributed by atoms with Crippen molar-refractivity contribution in [3.8, 4) is 5.75 Å². The number of benzene rings is 2. The van der Waals surface area contributed by atoms with Crippen LogP contribution in [0.4, 0.5) is 5.69 Å². The summed E-state index contributed by atoms with van der Waals surface area (Å²) in [5.41, 5.74) is 5.03. The lowest BCUT2D eigenvalue weighted by atomic mass is 10.1.